The van der Waals surface area contributed by atoms with Gasteiger partial charge in [-0.15, -0.1) is 12.4 Å². The van der Waals surface area contributed by atoms with Crippen LogP contribution in [0.2, 0.25) is 0 Å². The molecule has 1 aromatic rings. The summed E-state index contributed by atoms with van der Waals surface area (Å²) in [5.74, 6) is 0.644. The van der Waals surface area contributed by atoms with Crippen molar-refractivity contribution in [3.8, 4) is 0 Å². The molecule has 1 amide bonds. The molecule has 1 heterocycles. The fourth-order valence-corrected chi connectivity index (χ4v) is 2.77. The first-order chi connectivity index (χ1) is 9.72. The summed E-state index contributed by atoms with van der Waals surface area (Å²) in [6.45, 7) is 2.37. The zero-order valence-corrected chi connectivity index (χ0v) is 12.9. The van der Waals surface area contributed by atoms with Gasteiger partial charge in [0.15, 0.2) is 0 Å². The molecule has 1 N–H and O–H groups in total. The number of halogens is 2. The first-order valence-electron chi connectivity index (χ1n) is 7.49. The number of hydrogen-bond acceptors (Lipinski definition) is 2. The number of carbonyl (C=O) groups excluding carboxylic acids is 1. The molecule has 5 heteroatoms. The molecule has 116 valence electrons. The Bertz CT molecular complexity index is 470. The molecule has 1 aliphatic carbocycles. The predicted octanol–water partition coefficient (Wildman–Crippen LogP) is 2.74. The largest absolute Gasteiger partial charge is 0.337 e. The van der Waals surface area contributed by atoms with Crippen molar-refractivity contribution in [2.45, 2.75) is 38.3 Å². The summed E-state index contributed by atoms with van der Waals surface area (Å²) in [5.41, 5.74) is 0.999. The molecule has 2 fully saturated rings. The van der Waals surface area contributed by atoms with Crippen LogP contribution in [-0.4, -0.2) is 29.9 Å². The number of benzene rings is 1. The van der Waals surface area contributed by atoms with Gasteiger partial charge in [0.2, 0.25) is 5.91 Å². The Morgan fingerprint density at radius 1 is 1.24 bits per heavy atom. The molecule has 2 aliphatic rings. The van der Waals surface area contributed by atoms with Crippen molar-refractivity contribution < 1.29 is 9.18 Å². The van der Waals surface area contributed by atoms with Crippen LogP contribution in [0.4, 0.5) is 4.39 Å². The summed E-state index contributed by atoms with van der Waals surface area (Å²) in [6.07, 6.45) is 4.46. The molecule has 3 nitrogen and oxygen atoms in total. The van der Waals surface area contributed by atoms with Gasteiger partial charge < -0.3 is 10.2 Å². The smallest absolute Gasteiger partial charge is 0.240 e. The van der Waals surface area contributed by atoms with Gasteiger partial charge in [-0.3, -0.25) is 4.79 Å². The third-order valence-electron chi connectivity index (χ3n) is 4.13. The molecule has 1 aromatic carbocycles. The first kappa shape index (κ1) is 16.2. The quantitative estimate of drug-likeness (QED) is 0.906. The first-order valence-corrected chi connectivity index (χ1v) is 7.49. The molecule has 1 atom stereocenters. The van der Waals surface area contributed by atoms with Crippen LogP contribution < -0.4 is 5.32 Å². The monoisotopic (exact) mass is 312 g/mol. The Hall–Kier alpha value is -1.13. The normalized spacial score (nSPS) is 20.9. The van der Waals surface area contributed by atoms with Crippen molar-refractivity contribution in [2.75, 3.05) is 13.1 Å². The van der Waals surface area contributed by atoms with Gasteiger partial charge in [-0.2, -0.15) is 0 Å². The molecule has 0 aromatic heterocycles. The van der Waals surface area contributed by atoms with Crippen LogP contribution in [0.3, 0.4) is 0 Å². The topological polar surface area (TPSA) is 32.3 Å². The van der Waals surface area contributed by atoms with Crippen LogP contribution in [0.1, 0.15) is 31.2 Å². The zero-order chi connectivity index (χ0) is 13.9. The number of amides is 1. The fourth-order valence-electron chi connectivity index (χ4n) is 2.77. The van der Waals surface area contributed by atoms with Gasteiger partial charge in [-0.05, 0) is 55.8 Å². The number of nitrogens with zero attached hydrogens (tertiary/aromatic N) is 1. The number of nitrogens with one attached hydrogen (secondary N) is 1. The Morgan fingerprint density at radius 3 is 2.52 bits per heavy atom. The minimum Gasteiger partial charge on any atom is -0.337 e. The molecule has 1 saturated carbocycles. The predicted molar refractivity (Wildman–Crippen MR) is 82.8 cm³/mol. The van der Waals surface area contributed by atoms with Crippen molar-refractivity contribution in [2.24, 2.45) is 5.92 Å². The summed E-state index contributed by atoms with van der Waals surface area (Å²) < 4.78 is 13.0. The Labute approximate surface area is 131 Å². The highest BCUT2D eigenvalue weighted by Gasteiger charge is 2.31. The van der Waals surface area contributed by atoms with Crippen molar-refractivity contribution in [3.63, 3.8) is 0 Å². The number of rotatable bonds is 5. The van der Waals surface area contributed by atoms with E-state index in [9.17, 15) is 9.18 Å². The van der Waals surface area contributed by atoms with E-state index in [1.54, 1.807) is 12.1 Å². The molecule has 1 aliphatic heterocycles. The maximum atomic E-state index is 13.0. The van der Waals surface area contributed by atoms with Gasteiger partial charge in [-0.1, -0.05) is 12.1 Å². The van der Waals surface area contributed by atoms with E-state index in [0.717, 1.165) is 31.5 Å². The lowest BCUT2D eigenvalue weighted by molar-refractivity contribution is -0.134. The Morgan fingerprint density at radius 2 is 1.95 bits per heavy atom. The van der Waals surface area contributed by atoms with E-state index in [4.69, 9.17) is 0 Å². The molecule has 0 bridgehead atoms. The van der Waals surface area contributed by atoms with Gasteiger partial charge in [-0.25, -0.2) is 4.39 Å². The van der Waals surface area contributed by atoms with Crippen LogP contribution in [-0.2, 0) is 11.3 Å². The van der Waals surface area contributed by atoms with E-state index < -0.39 is 0 Å². The zero-order valence-electron chi connectivity index (χ0n) is 12.1. The van der Waals surface area contributed by atoms with E-state index in [1.807, 2.05) is 4.90 Å². The second kappa shape index (κ2) is 7.23. The van der Waals surface area contributed by atoms with E-state index in [2.05, 4.69) is 5.32 Å². The van der Waals surface area contributed by atoms with Crippen LogP contribution in [0.15, 0.2) is 24.3 Å². The average Bonchev–Trinajstić information content (AvgIpc) is 3.10. The molecule has 1 unspecified atom stereocenters. The summed E-state index contributed by atoms with van der Waals surface area (Å²) in [6, 6.07) is 6.44. The molecule has 0 radical (unpaired) electrons. The Balaban J connectivity index is 0.00000161. The average molecular weight is 313 g/mol. The van der Waals surface area contributed by atoms with Crippen molar-refractivity contribution in [1.82, 2.24) is 10.2 Å². The molecular weight excluding hydrogens is 291 g/mol. The second-order valence-electron chi connectivity index (χ2n) is 5.94. The van der Waals surface area contributed by atoms with Crippen LogP contribution in [0.25, 0.3) is 0 Å². The van der Waals surface area contributed by atoms with E-state index in [-0.39, 0.29) is 30.2 Å². The van der Waals surface area contributed by atoms with E-state index in [0.29, 0.717) is 12.5 Å². The summed E-state index contributed by atoms with van der Waals surface area (Å²) >= 11 is 0. The van der Waals surface area contributed by atoms with Crippen LogP contribution in [0.5, 0.6) is 0 Å². The maximum Gasteiger partial charge on any atom is 0.240 e. The van der Waals surface area contributed by atoms with Crippen molar-refractivity contribution >= 4 is 18.3 Å². The molecule has 0 spiro atoms. The fraction of sp³-hybridized carbons (Fsp3) is 0.562. The van der Waals surface area contributed by atoms with E-state index in [1.165, 1.54) is 25.0 Å². The van der Waals surface area contributed by atoms with Crippen molar-refractivity contribution in [1.29, 1.82) is 0 Å². The lowest BCUT2D eigenvalue weighted by atomic mass is 10.1. The van der Waals surface area contributed by atoms with Gasteiger partial charge in [0.1, 0.15) is 5.82 Å². The lowest BCUT2D eigenvalue weighted by Crippen LogP contribution is -2.44. The van der Waals surface area contributed by atoms with Gasteiger partial charge in [0.05, 0.1) is 6.04 Å². The maximum absolute atomic E-state index is 13.0. The minimum atomic E-state index is -0.230. The summed E-state index contributed by atoms with van der Waals surface area (Å²) in [4.78, 5) is 14.5. The highest BCUT2D eigenvalue weighted by molar-refractivity contribution is 5.85. The molecule has 21 heavy (non-hydrogen) atoms. The number of hydrogen-bond donors (Lipinski definition) is 1. The molecule has 1 saturated heterocycles. The van der Waals surface area contributed by atoms with Gasteiger partial charge >= 0.3 is 0 Å². The third kappa shape index (κ3) is 4.42. The van der Waals surface area contributed by atoms with Gasteiger partial charge in [0, 0.05) is 13.1 Å². The minimum absolute atomic E-state index is 0. The standard InChI is InChI=1S/C16H21FN2O.ClH/c17-14-7-5-13(6-8-14)11-19(10-12-3-4-12)16(20)15-2-1-9-18-15;/h5-8,12,15,18H,1-4,9-11H2;1H. The highest BCUT2D eigenvalue weighted by Crippen LogP contribution is 2.30. The lowest BCUT2D eigenvalue weighted by Gasteiger charge is -2.26. The van der Waals surface area contributed by atoms with E-state index >= 15 is 0 Å². The molecule has 3 rings (SSSR count). The SMILES string of the molecule is Cl.O=C(C1CCCN1)N(Cc1ccc(F)cc1)CC1CC1. The van der Waals surface area contributed by atoms with Crippen LogP contribution >= 0.6 is 12.4 Å². The number of carbonyl (C=O) groups is 1. The summed E-state index contributed by atoms with van der Waals surface area (Å²) in [5, 5.41) is 3.27. The Kier molecular flexibility index (Phi) is 5.59. The summed E-state index contributed by atoms with van der Waals surface area (Å²) in [7, 11) is 0. The van der Waals surface area contributed by atoms with Crippen molar-refractivity contribution in [3.05, 3.63) is 35.6 Å². The van der Waals surface area contributed by atoms with Crippen LogP contribution in [0, 0.1) is 11.7 Å². The second-order valence-corrected chi connectivity index (χ2v) is 5.94. The van der Waals surface area contributed by atoms with Gasteiger partial charge in [0.25, 0.3) is 0 Å². The third-order valence-corrected chi connectivity index (χ3v) is 4.13. The highest BCUT2D eigenvalue weighted by atomic mass is 35.5. The molecular formula is C16H22ClFN2O.